The molecule has 0 bridgehead atoms. The number of amides is 1. The summed E-state index contributed by atoms with van der Waals surface area (Å²) in [6.07, 6.45) is -4.77. The number of nitrogens with zero attached hydrogens (tertiary/aromatic N) is 3. The zero-order valence-electron chi connectivity index (χ0n) is 14.4. The van der Waals surface area contributed by atoms with Crippen LogP contribution in [0, 0.1) is 0 Å². The van der Waals surface area contributed by atoms with Gasteiger partial charge in [-0.05, 0) is 32.9 Å². The van der Waals surface area contributed by atoms with Gasteiger partial charge < -0.3 is 5.32 Å². The molecular weight excluding hydrogens is 373 g/mol. The second-order valence-electron chi connectivity index (χ2n) is 6.57. The lowest BCUT2D eigenvalue weighted by Gasteiger charge is -2.21. The number of halogens is 4. The standard InChI is InChI=1S/C16H18ClF3N4O2/c1-15(2,3)24-13(16(18,19)20)22-23(14(24)26)9-8-21-12(25)10-6-4-5-7-11(10)17/h4-7H,8-9H2,1-3H3,(H,21,25). The Morgan fingerprint density at radius 1 is 1.23 bits per heavy atom. The molecule has 6 nitrogen and oxygen atoms in total. The van der Waals surface area contributed by atoms with Gasteiger partial charge in [0.2, 0.25) is 5.82 Å². The maximum Gasteiger partial charge on any atom is 0.451 e. The Kier molecular flexibility index (Phi) is 5.50. The number of nitrogens with one attached hydrogen (secondary N) is 1. The minimum absolute atomic E-state index is 0.0809. The van der Waals surface area contributed by atoms with E-state index < -0.39 is 29.1 Å². The van der Waals surface area contributed by atoms with Crippen molar-refractivity contribution in [3.05, 3.63) is 51.2 Å². The van der Waals surface area contributed by atoms with Crippen LogP contribution in [-0.2, 0) is 18.3 Å². The van der Waals surface area contributed by atoms with Crippen molar-refractivity contribution in [2.75, 3.05) is 6.54 Å². The summed E-state index contributed by atoms with van der Waals surface area (Å²) >= 11 is 5.91. The monoisotopic (exact) mass is 390 g/mol. The van der Waals surface area contributed by atoms with E-state index in [0.29, 0.717) is 9.25 Å². The molecule has 26 heavy (non-hydrogen) atoms. The predicted octanol–water partition coefficient (Wildman–Crippen LogP) is 2.90. The third-order valence-electron chi connectivity index (χ3n) is 3.49. The van der Waals surface area contributed by atoms with Crippen LogP contribution in [0.3, 0.4) is 0 Å². The Bertz CT molecular complexity index is 866. The first kappa shape index (κ1) is 20.0. The Labute approximate surface area is 152 Å². The topological polar surface area (TPSA) is 68.9 Å². The van der Waals surface area contributed by atoms with Gasteiger partial charge in [-0.3, -0.25) is 9.36 Å². The summed E-state index contributed by atoms with van der Waals surface area (Å²) in [7, 11) is 0. The molecule has 1 N–H and O–H groups in total. The molecule has 1 heterocycles. The Morgan fingerprint density at radius 2 is 1.85 bits per heavy atom. The van der Waals surface area contributed by atoms with Gasteiger partial charge in [-0.1, -0.05) is 23.7 Å². The van der Waals surface area contributed by atoms with Gasteiger partial charge in [0.1, 0.15) is 0 Å². The quantitative estimate of drug-likeness (QED) is 0.872. The molecule has 0 radical (unpaired) electrons. The van der Waals surface area contributed by atoms with E-state index in [1.807, 2.05) is 0 Å². The molecule has 2 rings (SSSR count). The molecule has 0 fully saturated rings. The normalized spacial score (nSPS) is 12.3. The van der Waals surface area contributed by atoms with Crippen LogP contribution in [0.5, 0.6) is 0 Å². The summed E-state index contributed by atoms with van der Waals surface area (Å²) in [6, 6.07) is 6.35. The van der Waals surface area contributed by atoms with E-state index in [9.17, 15) is 22.8 Å². The van der Waals surface area contributed by atoms with E-state index >= 15 is 0 Å². The summed E-state index contributed by atoms with van der Waals surface area (Å²) in [4.78, 5) is 24.4. The van der Waals surface area contributed by atoms with Crippen molar-refractivity contribution in [2.24, 2.45) is 0 Å². The molecule has 1 amide bonds. The number of aromatic nitrogens is 3. The number of rotatable bonds is 4. The first-order valence-corrected chi connectivity index (χ1v) is 8.11. The van der Waals surface area contributed by atoms with E-state index in [1.54, 1.807) is 18.2 Å². The van der Waals surface area contributed by atoms with Crippen LogP contribution in [-0.4, -0.2) is 26.8 Å². The number of alkyl halides is 3. The Morgan fingerprint density at radius 3 is 2.35 bits per heavy atom. The predicted molar refractivity (Wildman–Crippen MR) is 90.3 cm³/mol. The van der Waals surface area contributed by atoms with Crippen molar-refractivity contribution in [1.29, 1.82) is 0 Å². The van der Waals surface area contributed by atoms with E-state index in [2.05, 4.69) is 10.4 Å². The molecule has 0 atom stereocenters. The van der Waals surface area contributed by atoms with Gasteiger partial charge in [-0.15, -0.1) is 5.10 Å². The SMILES string of the molecule is CC(C)(C)n1c(C(F)(F)F)nn(CCNC(=O)c2ccccc2Cl)c1=O. The maximum absolute atomic E-state index is 13.2. The van der Waals surface area contributed by atoms with Gasteiger partial charge in [0.05, 0.1) is 17.1 Å². The Balaban J connectivity index is 2.18. The molecule has 0 aliphatic rings. The van der Waals surface area contributed by atoms with Crippen LogP contribution in [0.1, 0.15) is 37.0 Å². The number of benzene rings is 1. The van der Waals surface area contributed by atoms with Crippen LogP contribution in [0.4, 0.5) is 13.2 Å². The largest absolute Gasteiger partial charge is 0.451 e. The van der Waals surface area contributed by atoms with Gasteiger partial charge in [0.25, 0.3) is 5.91 Å². The van der Waals surface area contributed by atoms with Gasteiger partial charge >= 0.3 is 11.9 Å². The van der Waals surface area contributed by atoms with Crippen LogP contribution < -0.4 is 11.0 Å². The highest BCUT2D eigenvalue weighted by atomic mass is 35.5. The molecule has 0 aliphatic heterocycles. The molecule has 142 valence electrons. The molecule has 10 heteroatoms. The number of hydrogen-bond donors (Lipinski definition) is 1. The van der Waals surface area contributed by atoms with Crippen molar-refractivity contribution in [3.8, 4) is 0 Å². The lowest BCUT2D eigenvalue weighted by Crippen LogP contribution is -2.38. The summed E-state index contributed by atoms with van der Waals surface area (Å²) in [5, 5.41) is 6.16. The van der Waals surface area contributed by atoms with Crippen molar-refractivity contribution in [2.45, 2.75) is 39.0 Å². The second-order valence-corrected chi connectivity index (χ2v) is 6.98. The zero-order valence-corrected chi connectivity index (χ0v) is 15.1. The Hall–Kier alpha value is -2.29. The second kappa shape index (κ2) is 7.14. The first-order chi connectivity index (χ1) is 11.9. The average molecular weight is 391 g/mol. The van der Waals surface area contributed by atoms with Crippen molar-refractivity contribution in [3.63, 3.8) is 0 Å². The highest BCUT2D eigenvalue weighted by molar-refractivity contribution is 6.33. The smallest absolute Gasteiger partial charge is 0.350 e. The molecular formula is C16H18ClF3N4O2. The third-order valence-corrected chi connectivity index (χ3v) is 3.82. The van der Waals surface area contributed by atoms with Gasteiger partial charge in [-0.25, -0.2) is 9.48 Å². The van der Waals surface area contributed by atoms with Crippen molar-refractivity contribution < 1.29 is 18.0 Å². The van der Waals surface area contributed by atoms with Crippen molar-refractivity contribution in [1.82, 2.24) is 19.7 Å². The fourth-order valence-corrected chi connectivity index (χ4v) is 2.58. The van der Waals surface area contributed by atoms with Crippen LogP contribution in [0.25, 0.3) is 0 Å². The van der Waals surface area contributed by atoms with Gasteiger partial charge in [0, 0.05) is 12.1 Å². The lowest BCUT2D eigenvalue weighted by atomic mass is 10.1. The molecule has 0 aliphatic carbocycles. The number of carbonyl (C=O) groups excluding carboxylic acids is 1. The van der Waals surface area contributed by atoms with E-state index in [4.69, 9.17) is 11.6 Å². The van der Waals surface area contributed by atoms with E-state index in [1.165, 1.54) is 26.8 Å². The summed E-state index contributed by atoms with van der Waals surface area (Å²) in [6.45, 7) is 4.15. The summed E-state index contributed by atoms with van der Waals surface area (Å²) in [5.74, 6) is -1.76. The molecule has 1 aromatic heterocycles. The minimum Gasteiger partial charge on any atom is -0.350 e. The highest BCUT2D eigenvalue weighted by Gasteiger charge is 2.41. The fourth-order valence-electron chi connectivity index (χ4n) is 2.36. The number of carbonyl (C=O) groups is 1. The van der Waals surface area contributed by atoms with Crippen LogP contribution in [0.15, 0.2) is 29.1 Å². The minimum atomic E-state index is -4.77. The fraction of sp³-hybridized carbons (Fsp3) is 0.438. The summed E-state index contributed by atoms with van der Waals surface area (Å²) in [5.41, 5.74) is -1.75. The lowest BCUT2D eigenvalue weighted by molar-refractivity contribution is -0.149. The van der Waals surface area contributed by atoms with Gasteiger partial charge in [-0.2, -0.15) is 13.2 Å². The zero-order chi connectivity index (χ0) is 19.7. The van der Waals surface area contributed by atoms with E-state index in [-0.39, 0.29) is 23.7 Å². The highest BCUT2D eigenvalue weighted by Crippen LogP contribution is 2.29. The number of hydrogen-bond acceptors (Lipinski definition) is 3. The molecule has 2 aromatic rings. The molecule has 0 saturated carbocycles. The van der Waals surface area contributed by atoms with E-state index in [0.717, 1.165) is 0 Å². The first-order valence-electron chi connectivity index (χ1n) is 7.73. The molecule has 1 aromatic carbocycles. The molecule has 0 unspecified atom stereocenters. The van der Waals surface area contributed by atoms with Crippen LogP contribution in [0.2, 0.25) is 5.02 Å². The van der Waals surface area contributed by atoms with Gasteiger partial charge in [0.15, 0.2) is 0 Å². The molecule has 0 saturated heterocycles. The summed E-state index contributed by atoms with van der Waals surface area (Å²) < 4.78 is 40.8. The maximum atomic E-state index is 13.2. The molecule has 0 spiro atoms. The average Bonchev–Trinajstić information content (AvgIpc) is 2.85. The third kappa shape index (κ3) is 4.27. The van der Waals surface area contributed by atoms with Crippen LogP contribution >= 0.6 is 11.6 Å². The van der Waals surface area contributed by atoms with Crippen molar-refractivity contribution >= 4 is 17.5 Å².